The van der Waals surface area contributed by atoms with Crippen molar-refractivity contribution in [2.45, 2.75) is 75.7 Å². The van der Waals surface area contributed by atoms with Crippen LogP contribution in [0.15, 0.2) is 40.9 Å². The van der Waals surface area contributed by atoms with E-state index in [0.29, 0.717) is 37.1 Å². The van der Waals surface area contributed by atoms with E-state index >= 15 is 0 Å². The van der Waals surface area contributed by atoms with Crippen molar-refractivity contribution in [1.29, 1.82) is 0 Å². The first-order chi connectivity index (χ1) is 19.4. The number of halogens is 2. The van der Waals surface area contributed by atoms with Gasteiger partial charge in [0.2, 0.25) is 0 Å². The second kappa shape index (κ2) is 9.69. The van der Waals surface area contributed by atoms with Gasteiger partial charge in [0.1, 0.15) is 23.1 Å². The number of aromatic carboxylic acids is 1. The summed E-state index contributed by atoms with van der Waals surface area (Å²) < 4.78 is 41.2. The van der Waals surface area contributed by atoms with Gasteiger partial charge in [-0.15, -0.1) is 0 Å². The molecule has 1 saturated carbocycles. The molecule has 2 bridgehead atoms. The van der Waals surface area contributed by atoms with Crippen LogP contribution in [0.1, 0.15) is 71.7 Å². The fourth-order valence-electron chi connectivity index (χ4n) is 6.70. The van der Waals surface area contributed by atoms with Crippen LogP contribution in [0, 0.1) is 11.6 Å². The molecule has 1 aromatic heterocycles. The summed E-state index contributed by atoms with van der Waals surface area (Å²) >= 11 is 0. The van der Waals surface area contributed by atoms with Gasteiger partial charge in [-0.2, -0.15) is 0 Å². The Labute approximate surface area is 229 Å². The van der Waals surface area contributed by atoms with Crippen LogP contribution in [-0.4, -0.2) is 51.9 Å². The van der Waals surface area contributed by atoms with Crippen LogP contribution in [0.5, 0.6) is 0 Å². The lowest BCUT2D eigenvalue weighted by molar-refractivity contribution is -0.0164. The molecule has 10 heteroatoms. The van der Waals surface area contributed by atoms with Crippen LogP contribution < -0.4 is 4.90 Å². The van der Waals surface area contributed by atoms with E-state index in [9.17, 15) is 23.5 Å². The van der Waals surface area contributed by atoms with E-state index in [4.69, 9.17) is 9.26 Å². The molecule has 8 nitrogen and oxygen atoms in total. The van der Waals surface area contributed by atoms with Crippen molar-refractivity contribution < 1.29 is 32.7 Å². The van der Waals surface area contributed by atoms with E-state index in [-0.39, 0.29) is 53.6 Å². The van der Waals surface area contributed by atoms with E-state index in [1.54, 1.807) is 23.1 Å². The molecule has 2 aromatic carbocycles. The van der Waals surface area contributed by atoms with E-state index in [1.165, 1.54) is 18.2 Å². The number of benzene rings is 2. The Morgan fingerprint density at radius 3 is 2.45 bits per heavy atom. The Balaban J connectivity index is 1.06. The maximum atomic E-state index is 14.6. The number of piperidine rings is 1. The van der Waals surface area contributed by atoms with Gasteiger partial charge in [0.15, 0.2) is 0 Å². The second-order valence-corrected chi connectivity index (χ2v) is 11.3. The zero-order chi connectivity index (χ0) is 27.5. The first-order valence-electron chi connectivity index (χ1n) is 13.9. The molecule has 2 amide bonds. The largest absolute Gasteiger partial charge is 0.478 e. The number of aromatic nitrogens is 1. The zero-order valence-corrected chi connectivity index (χ0v) is 21.8. The number of fused-ring (bicyclic) bond motifs is 3. The Kier molecular flexibility index (Phi) is 6.10. The normalized spacial score (nSPS) is 23.5. The van der Waals surface area contributed by atoms with Gasteiger partial charge in [-0.3, -0.25) is 4.90 Å². The third kappa shape index (κ3) is 4.25. The van der Waals surface area contributed by atoms with Gasteiger partial charge >= 0.3 is 12.0 Å². The highest BCUT2D eigenvalue weighted by atomic mass is 19.1. The smallest absolute Gasteiger partial charge is 0.335 e. The quantitative estimate of drug-likeness (QED) is 0.412. The molecule has 1 aliphatic carbocycles. The number of carboxylic acid groups (broad SMARTS) is 1. The van der Waals surface area contributed by atoms with Gasteiger partial charge in [0.25, 0.3) is 0 Å². The highest BCUT2D eigenvalue weighted by molar-refractivity contribution is 5.96. The van der Waals surface area contributed by atoms with Crippen LogP contribution in [0.2, 0.25) is 0 Å². The average Bonchev–Trinajstić information content (AvgIpc) is 3.46. The van der Waals surface area contributed by atoms with Crippen molar-refractivity contribution in [3.05, 3.63) is 70.5 Å². The minimum atomic E-state index is -0.977. The number of nitrogens with zero attached hydrogens (tertiary/aromatic N) is 3. The number of amides is 2. The second-order valence-electron chi connectivity index (χ2n) is 11.3. The molecular formula is C30H29F2N3O5. The Morgan fingerprint density at radius 1 is 1.05 bits per heavy atom. The summed E-state index contributed by atoms with van der Waals surface area (Å²) in [5.41, 5.74) is 2.45. The van der Waals surface area contributed by atoms with Crippen LogP contribution in [0.25, 0.3) is 11.3 Å². The van der Waals surface area contributed by atoms with Crippen molar-refractivity contribution >= 4 is 17.7 Å². The SMILES string of the molecule is O=C(O)c1ccc2c(c1)CCN2C(=O)N1[C@@H]2CC[C@H]1CC(OCc1c(-c3c(F)cccc3F)noc1C1CC1)C2. The lowest BCUT2D eigenvalue weighted by Gasteiger charge is -2.40. The lowest BCUT2D eigenvalue weighted by Crippen LogP contribution is -2.53. The third-order valence-corrected chi connectivity index (χ3v) is 8.79. The van der Waals surface area contributed by atoms with E-state index in [1.807, 2.05) is 4.90 Å². The van der Waals surface area contributed by atoms with Gasteiger partial charge in [0.05, 0.1) is 23.8 Å². The summed E-state index contributed by atoms with van der Waals surface area (Å²) in [6, 6.07) is 8.70. The lowest BCUT2D eigenvalue weighted by atomic mass is 9.99. The van der Waals surface area contributed by atoms with Gasteiger partial charge in [-0.1, -0.05) is 11.2 Å². The van der Waals surface area contributed by atoms with Crippen molar-refractivity contribution in [2.75, 3.05) is 11.4 Å². The van der Waals surface area contributed by atoms with Gasteiger partial charge in [-0.25, -0.2) is 18.4 Å². The molecule has 3 aliphatic heterocycles. The number of carbonyl (C=O) groups excluding carboxylic acids is 1. The third-order valence-electron chi connectivity index (χ3n) is 8.79. The Morgan fingerprint density at radius 2 is 1.77 bits per heavy atom. The number of rotatable bonds is 6. The van der Waals surface area contributed by atoms with E-state index in [2.05, 4.69) is 5.16 Å². The number of anilines is 1. The highest BCUT2D eigenvalue weighted by Crippen LogP contribution is 2.45. The highest BCUT2D eigenvalue weighted by Gasteiger charge is 2.46. The van der Waals surface area contributed by atoms with Crippen molar-refractivity contribution in [3.63, 3.8) is 0 Å². The summed E-state index contributed by atoms with van der Waals surface area (Å²) in [7, 11) is 0. The predicted molar refractivity (Wildman–Crippen MR) is 140 cm³/mol. The van der Waals surface area contributed by atoms with Crippen molar-refractivity contribution in [2.24, 2.45) is 0 Å². The number of hydrogen-bond donors (Lipinski definition) is 1. The molecule has 4 heterocycles. The van der Waals surface area contributed by atoms with Gasteiger partial charge < -0.3 is 19.3 Å². The molecule has 7 rings (SSSR count). The summed E-state index contributed by atoms with van der Waals surface area (Å²) in [4.78, 5) is 28.8. The standard InChI is InChI=1S/C30H29F2N3O5/c31-23-2-1-3-24(32)26(23)27-22(28(40-33-27)16-4-5-16)15-39-21-13-19-7-8-20(14-21)35(19)30(38)34-11-10-17-12-18(29(36)37)6-9-25(17)34/h1-3,6,9,12,16,19-21H,4-5,7-8,10-11,13-15H2,(H,36,37)/t19-,20+,21?. The molecule has 0 spiro atoms. The summed E-state index contributed by atoms with van der Waals surface area (Å²) in [6.07, 6.45) is 5.55. The first-order valence-corrected chi connectivity index (χ1v) is 13.9. The minimum Gasteiger partial charge on any atom is -0.478 e. The fraction of sp³-hybridized carbons (Fsp3) is 0.433. The van der Waals surface area contributed by atoms with E-state index < -0.39 is 17.6 Å². The predicted octanol–water partition coefficient (Wildman–Crippen LogP) is 5.89. The van der Waals surface area contributed by atoms with Crippen molar-refractivity contribution in [3.8, 4) is 11.3 Å². The summed E-state index contributed by atoms with van der Waals surface area (Å²) in [5, 5.41) is 13.4. The molecule has 3 fully saturated rings. The average molecular weight is 550 g/mol. The molecule has 4 aliphatic rings. The topological polar surface area (TPSA) is 96.1 Å². The van der Waals surface area contributed by atoms with Crippen LogP contribution in [-0.2, 0) is 17.8 Å². The molecule has 40 heavy (non-hydrogen) atoms. The van der Waals surface area contributed by atoms with Gasteiger partial charge in [-0.05, 0) is 80.8 Å². The summed E-state index contributed by atoms with van der Waals surface area (Å²) in [5.74, 6) is -1.52. The van der Waals surface area contributed by atoms with Gasteiger partial charge in [0, 0.05) is 35.8 Å². The van der Waals surface area contributed by atoms with Crippen molar-refractivity contribution in [1.82, 2.24) is 10.1 Å². The number of carbonyl (C=O) groups is 2. The molecular weight excluding hydrogens is 520 g/mol. The van der Waals surface area contributed by atoms with Crippen LogP contribution >= 0.6 is 0 Å². The number of hydrogen-bond acceptors (Lipinski definition) is 5. The Hall–Kier alpha value is -3.79. The summed E-state index contributed by atoms with van der Waals surface area (Å²) in [6.45, 7) is 0.668. The van der Waals surface area contributed by atoms with Crippen LogP contribution in [0.3, 0.4) is 0 Å². The fourth-order valence-corrected chi connectivity index (χ4v) is 6.70. The van der Waals surface area contributed by atoms with Crippen LogP contribution in [0.4, 0.5) is 19.3 Å². The van der Waals surface area contributed by atoms with E-state index in [0.717, 1.165) is 36.9 Å². The zero-order valence-electron chi connectivity index (χ0n) is 21.8. The molecule has 1 N–H and O–H groups in total. The maximum absolute atomic E-state index is 14.6. The number of carboxylic acids is 1. The molecule has 208 valence electrons. The first kappa shape index (κ1) is 25.2. The Bertz CT molecular complexity index is 1470. The molecule has 3 atom stereocenters. The molecule has 3 aromatic rings. The minimum absolute atomic E-state index is 0.0347. The molecule has 1 unspecified atom stereocenters. The monoisotopic (exact) mass is 549 g/mol. The number of urea groups is 1. The molecule has 0 radical (unpaired) electrons. The maximum Gasteiger partial charge on any atom is 0.335 e. The number of ether oxygens (including phenoxy) is 1. The molecule has 2 saturated heterocycles.